The number of rotatable bonds is 8. The van der Waals surface area contributed by atoms with Crippen LogP contribution >= 0.6 is 0 Å². The zero-order valence-corrected chi connectivity index (χ0v) is 13.9. The maximum Gasteiger partial charge on any atom is 0.312 e. The average molecular weight is 323 g/mol. The van der Waals surface area contributed by atoms with Crippen LogP contribution in [0.3, 0.4) is 0 Å². The van der Waals surface area contributed by atoms with Gasteiger partial charge >= 0.3 is 6.03 Å². The summed E-state index contributed by atoms with van der Waals surface area (Å²) < 4.78 is 13.9. The Bertz CT molecular complexity index is 534. The van der Waals surface area contributed by atoms with Crippen LogP contribution in [0.15, 0.2) is 24.3 Å². The molecular weight excluding hydrogens is 297 g/mol. The summed E-state index contributed by atoms with van der Waals surface area (Å²) in [6.07, 6.45) is 1.82. The van der Waals surface area contributed by atoms with Gasteiger partial charge in [0, 0.05) is 11.6 Å². The highest BCUT2D eigenvalue weighted by molar-refractivity contribution is 5.79. The Kier molecular flexibility index (Phi) is 7.51. The molecule has 0 aliphatic rings. The first-order chi connectivity index (χ1) is 10.8. The number of carbonyl (C=O) groups is 2. The molecule has 3 amide bonds. The van der Waals surface area contributed by atoms with Gasteiger partial charge in [-0.15, -0.1) is 0 Å². The average Bonchev–Trinajstić information content (AvgIpc) is 2.44. The molecule has 0 radical (unpaired) electrons. The molecule has 4 N–H and O–H groups in total. The summed E-state index contributed by atoms with van der Waals surface area (Å²) in [5, 5.41) is 5.30. The van der Waals surface area contributed by atoms with Gasteiger partial charge < -0.3 is 16.4 Å². The van der Waals surface area contributed by atoms with Crippen LogP contribution in [-0.2, 0) is 4.79 Å². The third kappa shape index (κ3) is 7.13. The molecule has 0 saturated carbocycles. The van der Waals surface area contributed by atoms with Crippen molar-refractivity contribution in [1.82, 2.24) is 10.6 Å². The number of nitrogens with two attached hydrogens (primary N) is 1. The zero-order valence-electron chi connectivity index (χ0n) is 13.9. The van der Waals surface area contributed by atoms with E-state index in [4.69, 9.17) is 5.73 Å². The van der Waals surface area contributed by atoms with Crippen molar-refractivity contribution in [1.29, 1.82) is 0 Å². The van der Waals surface area contributed by atoms with Gasteiger partial charge in [0.15, 0.2) is 0 Å². The third-order valence-electron chi connectivity index (χ3n) is 3.57. The minimum Gasteiger partial charge on any atom is -0.354 e. The summed E-state index contributed by atoms with van der Waals surface area (Å²) >= 11 is 0. The number of hydrogen-bond acceptors (Lipinski definition) is 2. The number of nitrogens with one attached hydrogen (secondary N) is 2. The monoisotopic (exact) mass is 323 g/mol. The van der Waals surface area contributed by atoms with Gasteiger partial charge in [0.05, 0.1) is 12.5 Å². The van der Waals surface area contributed by atoms with E-state index in [1.54, 1.807) is 12.1 Å². The topological polar surface area (TPSA) is 84.2 Å². The maximum absolute atomic E-state index is 13.9. The minimum atomic E-state index is -0.793. The molecule has 0 spiro atoms. The molecule has 0 saturated heterocycles. The van der Waals surface area contributed by atoms with Crippen molar-refractivity contribution in [2.45, 2.75) is 52.1 Å². The highest BCUT2D eigenvalue weighted by Gasteiger charge is 2.21. The number of halogens is 1. The summed E-state index contributed by atoms with van der Waals surface area (Å²) in [6.45, 7) is 6.18. The molecule has 1 rings (SSSR count). The van der Waals surface area contributed by atoms with Crippen LogP contribution in [0.2, 0.25) is 0 Å². The first-order valence-electron chi connectivity index (χ1n) is 7.89. The van der Waals surface area contributed by atoms with Crippen LogP contribution in [0.1, 0.15) is 51.6 Å². The number of carbonyl (C=O) groups excluding carboxylic acids is 2. The molecule has 0 aromatic heterocycles. The normalized spacial score (nSPS) is 13.4. The summed E-state index contributed by atoms with van der Waals surface area (Å²) in [5.41, 5.74) is 5.38. The molecule has 6 heteroatoms. The molecule has 0 heterocycles. The second-order valence-corrected chi connectivity index (χ2v) is 6.23. The van der Waals surface area contributed by atoms with Crippen LogP contribution in [0.5, 0.6) is 0 Å². The molecule has 0 aliphatic carbocycles. The fourth-order valence-electron chi connectivity index (χ4n) is 2.34. The van der Waals surface area contributed by atoms with E-state index < -0.39 is 17.9 Å². The first-order valence-corrected chi connectivity index (χ1v) is 7.89. The Hall–Kier alpha value is -2.11. The van der Waals surface area contributed by atoms with E-state index in [0.717, 1.165) is 12.8 Å². The molecule has 23 heavy (non-hydrogen) atoms. The fraction of sp³-hybridized carbons (Fsp3) is 0.529. The highest BCUT2D eigenvalue weighted by Crippen LogP contribution is 2.20. The van der Waals surface area contributed by atoms with Gasteiger partial charge in [-0.25, -0.2) is 9.18 Å². The lowest BCUT2D eigenvalue weighted by atomic mass is 10.0. The summed E-state index contributed by atoms with van der Waals surface area (Å²) in [5.74, 6) is -0.160. The Labute approximate surface area is 136 Å². The quantitative estimate of drug-likeness (QED) is 0.687. The number of urea groups is 1. The van der Waals surface area contributed by atoms with Crippen molar-refractivity contribution in [3.05, 3.63) is 35.6 Å². The SMILES string of the molecule is CC(C)CC[C@H](C)NC(=O)C[C@H](NC(N)=O)c1ccccc1F. The molecule has 2 atom stereocenters. The number of benzene rings is 1. The van der Waals surface area contributed by atoms with Gasteiger partial charge in [0.1, 0.15) is 5.82 Å². The Morgan fingerprint density at radius 1 is 1.13 bits per heavy atom. The van der Waals surface area contributed by atoms with Crippen LogP contribution in [0.4, 0.5) is 9.18 Å². The van der Waals surface area contributed by atoms with Crippen molar-refractivity contribution < 1.29 is 14.0 Å². The molecule has 0 bridgehead atoms. The lowest BCUT2D eigenvalue weighted by Gasteiger charge is -2.20. The van der Waals surface area contributed by atoms with Gasteiger partial charge in [0.2, 0.25) is 5.91 Å². The molecule has 0 fully saturated rings. The van der Waals surface area contributed by atoms with E-state index in [1.807, 2.05) is 6.92 Å². The van der Waals surface area contributed by atoms with Crippen LogP contribution in [0, 0.1) is 11.7 Å². The molecule has 0 aliphatic heterocycles. The zero-order chi connectivity index (χ0) is 17.4. The molecule has 5 nitrogen and oxygen atoms in total. The van der Waals surface area contributed by atoms with E-state index in [9.17, 15) is 14.0 Å². The van der Waals surface area contributed by atoms with Crippen molar-refractivity contribution in [3.8, 4) is 0 Å². The van der Waals surface area contributed by atoms with Gasteiger partial charge in [0.25, 0.3) is 0 Å². The predicted molar refractivity (Wildman–Crippen MR) is 88.2 cm³/mol. The van der Waals surface area contributed by atoms with Gasteiger partial charge in [-0.1, -0.05) is 32.0 Å². The molecule has 1 aromatic carbocycles. The van der Waals surface area contributed by atoms with E-state index in [1.165, 1.54) is 12.1 Å². The molecule has 128 valence electrons. The van der Waals surface area contributed by atoms with Crippen LogP contribution in [-0.4, -0.2) is 18.0 Å². The predicted octanol–water partition coefficient (Wildman–Crippen LogP) is 2.87. The fourth-order valence-corrected chi connectivity index (χ4v) is 2.34. The van der Waals surface area contributed by atoms with E-state index in [0.29, 0.717) is 5.92 Å². The van der Waals surface area contributed by atoms with E-state index in [-0.39, 0.29) is 23.9 Å². The highest BCUT2D eigenvalue weighted by atomic mass is 19.1. The Morgan fingerprint density at radius 2 is 1.78 bits per heavy atom. The van der Waals surface area contributed by atoms with Crippen molar-refractivity contribution in [3.63, 3.8) is 0 Å². The Morgan fingerprint density at radius 3 is 2.35 bits per heavy atom. The lowest BCUT2D eigenvalue weighted by molar-refractivity contribution is -0.122. The van der Waals surface area contributed by atoms with Gasteiger partial charge in [-0.05, 0) is 31.7 Å². The van der Waals surface area contributed by atoms with Crippen LogP contribution < -0.4 is 16.4 Å². The van der Waals surface area contributed by atoms with Crippen LogP contribution in [0.25, 0.3) is 0 Å². The summed E-state index contributed by atoms with van der Waals surface area (Å²) in [6, 6.07) is 4.47. The van der Waals surface area contributed by atoms with Crippen molar-refractivity contribution in [2.24, 2.45) is 11.7 Å². The summed E-state index contributed by atoms with van der Waals surface area (Å²) in [4.78, 5) is 23.3. The lowest BCUT2D eigenvalue weighted by Crippen LogP contribution is -2.39. The standard InChI is InChI=1S/C17H26FN3O2/c1-11(2)8-9-12(3)20-16(22)10-15(21-17(19)23)13-6-4-5-7-14(13)18/h4-7,11-12,15H,8-10H2,1-3H3,(H,20,22)(H3,19,21,23)/t12-,15-/m0/s1. The molecule has 1 aromatic rings. The second-order valence-electron chi connectivity index (χ2n) is 6.23. The first kappa shape index (κ1) is 18.9. The minimum absolute atomic E-state index is 0.0275. The van der Waals surface area contributed by atoms with Gasteiger partial charge in [-0.3, -0.25) is 4.79 Å². The van der Waals surface area contributed by atoms with Crippen molar-refractivity contribution >= 4 is 11.9 Å². The number of primary amides is 1. The number of amides is 3. The summed E-state index contributed by atoms with van der Waals surface area (Å²) in [7, 11) is 0. The van der Waals surface area contributed by atoms with E-state index in [2.05, 4.69) is 24.5 Å². The molecular formula is C17H26FN3O2. The Balaban J connectivity index is 2.69. The maximum atomic E-state index is 13.9. The largest absolute Gasteiger partial charge is 0.354 e. The number of hydrogen-bond donors (Lipinski definition) is 3. The smallest absolute Gasteiger partial charge is 0.312 e. The van der Waals surface area contributed by atoms with Crippen molar-refractivity contribution in [2.75, 3.05) is 0 Å². The molecule has 0 unspecified atom stereocenters. The third-order valence-corrected chi connectivity index (χ3v) is 3.57. The van der Waals surface area contributed by atoms with Gasteiger partial charge in [-0.2, -0.15) is 0 Å². The second kappa shape index (κ2) is 9.12. The van der Waals surface area contributed by atoms with E-state index >= 15 is 0 Å².